The van der Waals surface area contributed by atoms with Gasteiger partial charge in [-0.2, -0.15) is 0 Å². The molecule has 0 radical (unpaired) electrons. The van der Waals surface area contributed by atoms with Crippen LogP contribution >= 0.6 is 23.1 Å². The zero-order valence-corrected chi connectivity index (χ0v) is 14.8. The van der Waals surface area contributed by atoms with Crippen LogP contribution in [0.1, 0.15) is 10.7 Å². The van der Waals surface area contributed by atoms with E-state index in [1.165, 1.54) is 11.3 Å². The molecule has 3 rings (SSSR count). The minimum atomic E-state index is -0.764. The second kappa shape index (κ2) is 7.28. The number of anilines is 1. The second-order valence-corrected chi connectivity index (χ2v) is 7.15. The summed E-state index contributed by atoms with van der Waals surface area (Å²) in [6, 6.07) is 2.80. The normalized spacial score (nSPS) is 10.9. The average molecular weight is 382 g/mol. The lowest BCUT2D eigenvalue weighted by Gasteiger charge is -2.04. The minimum Gasteiger partial charge on any atom is -0.410 e. The molecule has 0 aliphatic carbocycles. The first-order chi connectivity index (χ1) is 11.9. The first-order valence-corrected chi connectivity index (χ1v) is 8.87. The predicted octanol–water partition coefficient (Wildman–Crippen LogP) is 3.82. The summed E-state index contributed by atoms with van der Waals surface area (Å²) >= 11 is 2.47. The van der Waals surface area contributed by atoms with Crippen LogP contribution in [-0.4, -0.2) is 26.8 Å². The van der Waals surface area contributed by atoms with Crippen molar-refractivity contribution in [3.8, 4) is 10.8 Å². The maximum Gasteiger partial charge on any atom is 0.277 e. The number of carbonyl (C=O) groups excluding carboxylic acids is 1. The molecule has 0 saturated carbocycles. The highest BCUT2D eigenvalue weighted by Gasteiger charge is 2.16. The third-order valence-corrected chi connectivity index (χ3v) is 4.86. The molecule has 6 nitrogen and oxygen atoms in total. The van der Waals surface area contributed by atoms with Gasteiger partial charge in [0.25, 0.3) is 11.1 Å². The molecule has 0 unspecified atom stereocenters. The molecule has 0 spiro atoms. The van der Waals surface area contributed by atoms with Crippen LogP contribution in [0.25, 0.3) is 10.8 Å². The highest BCUT2D eigenvalue weighted by Crippen LogP contribution is 2.30. The van der Waals surface area contributed by atoms with Gasteiger partial charge in [-0.05, 0) is 26.0 Å². The molecule has 3 aromatic rings. The topological polar surface area (TPSA) is 80.9 Å². The third kappa shape index (κ3) is 4.40. The number of thioether (sulfide) groups is 1. The van der Waals surface area contributed by atoms with E-state index in [9.17, 15) is 13.6 Å². The van der Waals surface area contributed by atoms with Gasteiger partial charge in [-0.3, -0.25) is 4.79 Å². The summed E-state index contributed by atoms with van der Waals surface area (Å²) in [5.41, 5.74) is 0.846. The Morgan fingerprint density at radius 2 is 1.96 bits per heavy atom. The van der Waals surface area contributed by atoms with Gasteiger partial charge in [0.2, 0.25) is 5.91 Å². The monoisotopic (exact) mass is 382 g/mol. The largest absolute Gasteiger partial charge is 0.410 e. The minimum absolute atomic E-state index is 0.0412. The van der Waals surface area contributed by atoms with Crippen molar-refractivity contribution in [2.45, 2.75) is 19.1 Å². The molecule has 0 aliphatic rings. The molecule has 0 fully saturated rings. The van der Waals surface area contributed by atoms with Crippen molar-refractivity contribution in [2.75, 3.05) is 11.1 Å². The van der Waals surface area contributed by atoms with Gasteiger partial charge in [0.05, 0.1) is 16.5 Å². The van der Waals surface area contributed by atoms with Gasteiger partial charge in [-0.25, -0.2) is 13.8 Å². The highest BCUT2D eigenvalue weighted by molar-refractivity contribution is 7.99. The van der Waals surface area contributed by atoms with Crippen molar-refractivity contribution in [2.24, 2.45) is 0 Å². The van der Waals surface area contributed by atoms with Crippen molar-refractivity contribution < 1.29 is 18.0 Å². The SMILES string of the molecule is Cc1nc(C)c(-c2nnc(SCC(=O)Nc3cc(F)cc(F)c3)o2)s1. The molecule has 1 amide bonds. The van der Waals surface area contributed by atoms with E-state index in [1.807, 2.05) is 13.8 Å². The molecule has 0 aliphatic heterocycles. The number of rotatable bonds is 5. The molecule has 1 aromatic carbocycles. The van der Waals surface area contributed by atoms with Gasteiger partial charge in [-0.1, -0.05) is 11.8 Å². The van der Waals surface area contributed by atoms with Crippen LogP contribution < -0.4 is 5.32 Å². The Bertz CT molecular complexity index is 906. The number of nitrogens with one attached hydrogen (secondary N) is 1. The second-order valence-electron chi connectivity index (χ2n) is 5.02. The number of halogens is 2. The van der Waals surface area contributed by atoms with Gasteiger partial charge >= 0.3 is 0 Å². The number of benzene rings is 1. The highest BCUT2D eigenvalue weighted by atomic mass is 32.2. The van der Waals surface area contributed by atoms with Gasteiger partial charge in [-0.15, -0.1) is 21.5 Å². The summed E-state index contributed by atoms with van der Waals surface area (Å²) in [5, 5.41) is 11.3. The van der Waals surface area contributed by atoms with Crippen molar-refractivity contribution in [1.82, 2.24) is 15.2 Å². The van der Waals surface area contributed by atoms with Gasteiger partial charge in [0.15, 0.2) is 0 Å². The Balaban J connectivity index is 1.60. The smallest absolute Gasteiger partial charge is 0.277 e. The van der Waals surface area contributed by atoms with Crippen molar-refractivity contribution in [3.05, 3.63) is 40.5 Å². The maximum absolute atomic E-state index is 13.1. The Labute approximate surface area is 149 Å². The predicted molar refractivity (Wildman–Crippen MR) is 90.6 cm³/mol. The van der Waals surface area contributed by atoms with E-state index < -0.39 is 17.5 Å². The zero-order valence-electron chi connectivity index (χ0n) is 13.2. The fourth-order valence-corrected chi connectivity index (χ4v) is 3.44. The number of nitrogens with zero attached hydrogens (tertiary/aromatic N) is 3. The fraction of sp³-hybridized carbons (Fsp3) is 0.200. The Hall–Kier alpha value is -2.33. The molecular formula is C15H12F2N4O2S2. The number of amides is 1. The number of carbonyl (C=O) groups is 1. The first-order valence-electron chi connectivity index (χ1n) is 7.07. The van der Waals surface area contributed by atoms with Crippen molar-refractivity contribution >= 4 is 34.7 Å². The van der Waals surface area contributed by atoms with Crippen LogP contribution in [0.5, 0.6) is 0 Å². The van der Waals surface area contributed by atoms with Gasteiger partial charge in [0, 0.05) is 11.8 Å². The van der Waals surface area contributed by atoms with E-state index in [2.05, 4.69) is 20.5 Å². The number of hydrogen-bond donors (Lipinski definition) is 1. The fourth-order valence-electron chi connectivity index (χ4n) is 2.04. The van der Waals surface area contributed by atoms with Crippen LogP contribution in [0.2, 0.25) is 0 Å². The van der Waals surface area contributed by atoms with Gasteiger partial charge < -0.3 is 9.73 Å². The summed E-state index contributed by atoms with van der Waals surface area (Å²) in [5.74, 6) is -1.67. The molecule has 1 N–H and O–H groups in total. The lowest BCUT2D eigenvalue weighted by atomic mass is 10.3. The van der Waals surface area contributed by atoms with E-state index in [0.29, 0.717) is 5.89 Å². The van der Waals surface area contributed by atoms with Crippen LogP contribution in [0.15, 0.2) is 27.8 Å². The lowest BCUT2D eigenvalue weighted by molar-refractivity contribution is -0.113. The van der Waals surface area contributed by atoms with Crippen LogP contribution in [0.4, 0.5) is 14.5 Å². The molecule has 0 saturated heterocycles. The molecule has 25 heavy (non-hydrogen) atoms. The number of aryl methyl sites for hydroxylation is 2. The third-order valence-electron chi connectivity index (χ3n) is 2.98. The standard InChI is InChI=1S/C15H12F2N4O2S2/c1-7-13(25-8(2)18-7)14-20-21-15(23-14)24-6-12(22)19-11-4-9(16)3-10(17)5-11/h3-5H,6H2,1-2H3,(H,19,22). The summed E-state index contributed by atoms with van der Waals surface area (Å²) in [4.78, 5) is 16.9. The summed E-state index contributed by atoms with van der Waals surface area (Å²) in [7, 11) is 0. The summed E-state index contributed by atoms with van der Waals surface area (Å²) in [6.07, 6.45) is 0. The Morgan fingerprint density at radius 3 is 2.60 bits per heavy atom. The van der Waals surface area contributed by atoms with E-state index in [-0.39, 0.29) is 16.7 Å². The van der Waals surface area contributed by atoms with Crippen molar-refractivity contribution in [1.29, 1.82) is 0 Å². The zero-order chi connectivity index (χ0) is 18.0. The van der Waals surface area contributed by atoms with E-state index in [4.69, 9.17) is 4.42 Å². The van der Waals surface area contributed by atoms with E-state index in [1.54, 1.807) is 0 Å². The summed E-state index contributed by atoms with van der Waals surface area (Å²) in [6.45, 7) is 3.73. The molecule has 130 valence electrons. The first kappa shape index (κ1) is 17.5. The lowest BCUT2D eigenvalue weighted by Crippen LogP contribution is -2.14. The molecular weight excluding hydrogens is 370 g/mol. The molecule has 2 aromatic heterocycles. The van der Waals surface area contributed by atoms with Crippen LogP contribution in [-0.2, 0) is 4.79 Å². The molecule has 0 atom stereocenters. The van der Waals surface area contributed by atoms with Crippen LogP contribution in [0.3, 0.4) is 0 Å². The van der Waals surface area contributed by atoms with Crippen molar-refractivity contribution in [3.63, 3.8) is 0 Å². The molecule has 2 heterocycles. The van der Waals surface area contributed by atoms with Crippen LogP contribution in [0, 0.1) is 25.5 Å². The summed E-state index contributed by atoms with van der Waals surface area (Å²) < 4.78 is 31.7. The Morgan fingerprint density at radius 1 is 1.24 bits per heavy atom. The molecule has 10 heteroatoms. The number of thiazole rings is 1. The Kier molecular flexibility index (Phi) is 5.09. The average Bonchev–Trinajstić information content (AvgIpc) is 3.10. The van der Waals surface area contributed by atoms with E-state index >= 15 is 0 Å². The van der Waals surface area contributed by atoms with Gasteiger partial charge in [0.1, 0.15) is 16.5 Å². The number of hydrogen-bond acceptors (Lipinski definition) is 7. The number of aromatic nitrogens is 3. The molecule has 0 bridgehead atoms. The maximum atomic E-state index is 13.1. The quantitative estimate of drug-likeness (QED) is 0.676. The van der Waals surface area contributed by atoms with E-state index in [0.717, 1.165) is 45.5 Å².